The predicted molar refractivity (Wildman–Crippen MR) is 107 cm³/mol. The quantitative estimate of drug-likeness (QED) is 0.740. The Morgan fingerprint density at radius 3 is 2.59 bits per heavy atom. The van der Waals surface area contributed by atoms with Gasteiger partial charge in [-0.25, -0.2) is 4.79 Å². The van der Waals surface area contributed by atoms with E-state index in [-0.39, 0.29) is 12.1 Å². The predicted octanol–water partition coefficient (Wildman–Crippen LogP) is 4.34. The summed E-state index contributed by atoms with van der Waals surface area (Å²) >= 11 is 0. The molecule has 1 heterocycles. The molecule has 2 aromatic carbocycles. The molecule has 1 N–H and O–H groups in total. The zero-order valence-electron chi connectivity index (χ0n) is 15.9. The van der Waals surface area contributed by atoms with Crippen molar-refractivity contribution < 1.29 is 14.3 Å². The lowest BCUT2D eigenvalue weighted by molar-refractivity contribution is 0.0544. The van der Waals surface area contributed by atoms with Crippen molar-refractivity contribution in [1.29, 1.82) is 0 Å². The van der Waals surface area contributed by atoms with Gasteiger partial charge < -0.3 is 19.7 Å². The SMILES string of the molecule is CN(C(=O)Nc1ccccc1OCCCc1ccccc1)C1CCOCC1. The first kappa shape index (κ1) is 19.2. The van der Waals surface area contributed by atoms with Crippen LogP contribution in [0.4, 0.5) is 10.5 Å². The molecule has 1 saturated heterocycles. The van der Waals surface area contributed by atoms with E-state index in [4.69, 9.17) is 9.47 Å². The second-order valence-corrected chi connectivity index (χ2v) is 6.82. The largest absolute Gasteiger partial charge is 0.491 e. The Bertz CT molecular complexity index is 715. The molecule has 5 nitrogen and oxygen atoms in total. The lowest BCUT2D eigenvalue weighted by atomic mass is 10.1. The van der Waals surface area contributed by atoms with Crippen molar-refractivity contribution in [2.24, 2.45) is 0 Å². The first-order valence-corrected chi connectivity index (χ1v) is 9.61. The van der Waals surface area contributed by atoms with E-state index in [0.29, 0.717) is 31.3 Å². The van der Waals surface area contributed by atoms with Crippen LogP contribution in [-0.4, -0.2) is 43.8 Å². The van der Waals surface area contributed by atoms with Crippen molar-refractivity contribution in [1.82, 2.24) is 4.90 Å². The molecule has 144 valence electrons. The van der Waals surface area contributed by atoms with Crippen LogP contribution >= 0.6 is 0 Å². The maximum atomic E-state index is 12.6. The Balaban J connectivity index is 1.51. The number of aryl methyl sites for hydroxylation is 1. The third-order valence-corrected chi connectivity index (χ3v) is 4.90. The van der Waals surface area contributed by atoms with E-state index >= 15 is 0 Å². The number of ether oxygens (including phenoxy) is 2. The van der Waals surface area contributed by atoms with Crippen LogP contribution in [0, 0.1) is 0 Å². The zero-order valence-corrected chi connectivity index (χ0v) is 15.9. The van der Waals surface area contributed by atoms with E-state index in [1.54, 1.807) is 4.90 Å². The molecule has 2 amide bonds. The van der Waals surface area contributed by atoms with E-state index in [1.807, 2.05) is 37.4 Å². The van der Waals surface area contributed by atoms with E-state index in [1.165, 1.54) is 5.56 Å². The van der Waals surface area contributed by atoms with E-state index in [2.05, 4.69) is 29.6 Å². The van der Waals surface area contributed by atoms with Crippen LogP contribution in [0.25, 0.3) is 0 Å². The van der Waals surface area contributed by atoms with Crippen LogP contribution in [0.3, 0.4) is 0 Å². The van der Waals surface area contributed by atoms with Gasteiger partial charge in [0.1, 0.15) is 5.75 Å². The average molecular weight is 368 g/mol. The summed E-state index contributed by atoms with van der Waals surface area (Å²) in [6.07, 6.45) is 3.65. The van der Waals surface area contributed by atoms with Crippen molar-refractivity contribution in [3.05, 3.63) is 60.2 Å². The van der Waals surface area contributed by atoms with Crippen molar-refractivity contribution >= 4 is 11.7 Å². The molecular weight excluding hydrogens is 340 g/mol. The van der Waals surface area contributed by atoms with Crippen LogP contribution < -0.4 is 10.1 Å². The first-order chi connectivity index (χ1) is 13.2. The fraction of sp³-hybridized carbons (Fsp3) is 0.409. The maximum absolute atomic E-state index is 12.6. The second kappa shape index (κ2) is 9.97. The summed E-state index contributed by atoms with van der Waals surface area (Å²) in [5.74, 6) is 0.708. The van der Waals surface area contributed by atoms with Gasteiger partial charge in [-0.15, -0.1) is 0 Å². The van der Waals surface area contributed by atoms with Gasteiger partial charge in [0.2, 0.25) is 0 Å². The van der Waals surface area contributed by atoms with Gasteiger partial charge in [0.15, 0.2) is 0 Å². The normalized spacial score (nSPS) is 14.6. The molecule has 2 aromatic rings. The van der Waals surface area contributed by atoms with E-state index in [9.17, 15) is 4.79 Å². The van der Waals surface area contributed by atoms with Gasteiger partial charge in [-0.2, -0.15) is 0 Å². The van der Waals surface area contributed by atoms with Crippen molar-refractivity contribution in [3.8, 4) is 5.75 Å². The van der Waals surface area contributed by atoms with Gasteiger partial charge >= 0.3 is 6.03 Å². The molecule has 27 heavy (non-hydrogen) atoms. The second-order valence-electron chi connectivity index (χ2n) is 6.82. The van der Waals surface area contributed by atoms with Gasteiger partial charge in [-0.05, 0) is 43.4 Å². The molecule has 5 heteroatoms. The third-order valence-electron chi connectivity index (χ3n) is 4.90. The number of hydrogen-bond acceptors (Lipinski definition) is 3. The minimum absolute atomic E-state index is 0.109. The minimum atomic E-state index is -0.109. The summed E-state index contributed by atoms with van der Waals surface area (Å²) in [5.41, 5.74) is 2.02. The van der Waals surface area contributed by atoms with Crippen molar-refractivity contribution in [2.75, 3.05) is 32.2 Å². The van der Waals surface area contributed by atoms with Gasteiger partial charge in [0, 0.05) is 26.3 Å². The number of rotatable bonds is 7. The van der Waals surface area contributed by atoms with Crippen LogP contribution in [-0.2, 0) is 11.2 Å². The lowest BCUT2D eigenvalue weighted by Gasteiger charge is -2.31. The summed E-state index contributed by atoms with van der Waals surface area (Å²) in [7, 11) is 1.84. The summed E-state index contributed by atoms with van der Waals surface area (Å²) in [6.45, 7) is 2.03. The smallest absolute Gasteiger partial charge is 0.321 e. The Hall–Kier alpha value is -2.53. The fourth-order valence-corrected chi connectivity index (χ4v) is 3.24. The lowest BCUT2D eigenvalue weighted by Crippen LogP contribution is -2.42. The number of anilines is 1. The number of carbonyl (C=O) groups is 1. The molecule has 0 saturated carbocycles. The molecule has 0 aromatic heterocycles. The van der Waals surface area contributed by atoms with Gasteiger partial charge in [0.25, 0.3) is 0 Å². The number of nitrogens with zero attached hydrogens (tertiary/aromatic N) is 1. The highest BCUT2D eigenvalue weighted by Gasteiger charge is 2.23. The highest BCUT2D eigenvalue weighted by Crippen LogP contribution is 2.25. The summed E-state index contributed by atoms with van der Waals surface area (Å²) in [5, 5.41) is 2.99. The number of benzene rings is 2. The summed E-state index contributed by atoms with van der Waals surface area (Å²) < 4.78 is 11.3. The van der Waals surface area contributed by atoms with Crippen LogP contribution in [0.1, 0.15) is 24.8 Å². The molecule has 1 fully saturated rings. The molecule has 1 aliphatic rings. The molecule has 0 unspecified atom stereocenters. The van der Waals surface area contributed by atoms with Crippen molar-refractivity contribution in [2.45, 2.75) is 31.7 Å². The summed E-state index contributed by atoms with van der Waals surface area (Å²) in [6, 6.07) is 18.1. The number of nitrogens with one attached hydrogen (secondary N) is 1. The number of urea groups is 1. The number of hydrogen-bond donors (Lipinski definition) is 1. The van der Waals surface area contributed by atoms with Crippen molar-refractivity contribution in [3.63, 3.8) is 0 Å². The average Bonchev–Trinajstić information content (AvgIpc) is 2.73. The number of amides is 2. The molecule has 0 spiro atoms. The zero-order chi connectivity index (χ0) is 18.9. The number of carbonyl (C=O) groups excluding carboxylic acids is 1. The third kappa shape index (κ3) is 5.73. The minimum Gasteiger partial charge on any atom is -0.491 e. The maximum Gasteiger partial charge on any atom is 0.321 e. The Labute approximate surface area is 161 Å². The Morgan fingerprint density at radius 1 is 1.11 bits per heavy atom. The molecular formula is C22H28N2O3. The molecule has 0 radical (unpaired) electrons. The molecule has 1 aliphatic heterocycles. The summed E-state index contributed by atoms with van der Waals surface area (Å²) in [4.78, 5) is 14.4. The molecule has 0 atom stereocenters. The molecule has 0 bridgehead atoms. The number of para-hydroxylation sites is 2. The standard InChI is InChI=1S/C22H28N2O3/c1-24(19-13-16-26-17-14-19)22(25)23-20-11-5-6-12-21(20)27-15-7-10-18-8-3-2-4-9-18/h2-6,8-9,11-12,19H,7,10,13-17H2,1H3,(H,23,25). The first-order valence-electron chi connectivity index (χ1n) is 9.61. The highest BCUT2D eigenvalue weighted by atomic mass is 16.5. The van der Waals surface area contributed by atoms with Crippen LogP contribution in [0.15, 0.2) is 54.6 Å². The Kier molecular flexibility index (Phi) is 7.11. The fourth-order valence-electron chi connectivity index (χ4n) is 3.24. The molecule has 3 rings (SSSR count). The van der Waals surface area contributed by atoms with Gasteiger partial charge in [0.05, 0.1) is 12.3 Å². The highest BCUT2D eigenvalue weighted by molar-refractivity contribution is 5.91. The Morgan fingerprint density at radius 2 is 1.81 bits per heavy atom. The van der Waals surface area contributed by atoms with Gasteiger partial charge in [-0.3, -0.25) is 0 Å². The van der Waals surface area contributed by atoms with Crippen LogP contribution in [0.2, 0.25) is 0 Å². The van der Waals surface area contributed by atoms with E-state index in [0.717, 1.165) is 25.7 Å². The molecule has 0 aliphatic carbocycles. The monoisotopic (exact) mass is 368 g/mol. The van der Waals surface area contributed by atoms with Gasteiger partial charge in [-0.1, -0.05) is 42.5 Å². The van der Waals surface area contributed by atoms with E-state index < -0.39 is 0 Å². The topological polar surface area (TPSA) is 50.8 Å². The van der Waals surface area contributed by atoms with Crippen LogP contribution in [0.5, 0.6) is 5.75 Å².